The molecule has 0 saturated carbocycles. The summed E-state index contributed by atoms with van der Waals surface area (Å²) in [6, 6.07) is 15.3. The second kappa shape index (κ2) is 9.72. The first-order valence-electron chi connectivity index (χ1n) is 9.02. The third kappa shape index (κ3) is 5.81. The first-order chi connectivity index (χ1) is 13.8. The van der Waals surface area contributed by atoms with Gasteiger partial charge in [0.25, 0.3) is 15.9 Å². The lowest BCUT2D eigenvalue weighted by molar-refractivity contribution is 0.0761. The number of nitriles is 2. The van der Waals surface area contributed by atoms with Gasteiger partial charge in [-0.25, -0.2) is 8.42 Å². The molecule has 29 heavy (non-hydrogen) atoms. The molecule has 0 aliphatic heterocycles. The molecule has 0 unspecified atom stereocenters. The van der Waals surface area contributed by atoms with E-state index in [0.29, 0.717) is 11.3 Å². The first kappa shape index (κ1) is 21.9. The van der Waals surface area contributed by atoms with Crippen molar-refractivity contribution in [3.63, 3.8) is 0 Å². The van der Waals surface area contributed by atoms with E-state index >= 15 is 0 Å². The maximum absolute atomic E-state index is 13.0. The average molecular weight is 410 g/mol. The number of hydrogen-bond acceptors (Lipinski definition) is 5. The lowest BCUT2D eigenvalue weighted by Crippen LogP contribution is -2.33. The van der Waals surface area contributed by atoms with Crippen molar-refractivity contribution in [3.8, 4) is 12.1 Å². The number of carbonyl (C=O) groups excluding carboxylic acids is 1. The van der Waals surface area contributed by atoms with Gasteiger partial charge in [-0.1, -0.05) is 18.2 Å². The molecule has 2 aromatic rings. The summed E-state index contributed by atoms with van der Waals surface area (Å²) in [5.41, 5.74) is 2.19. The fourth-order valence-corrected chi connectivity index (χ4v) is 3.85. The third-order valence-corrected chi connectivity index (χ3v) is 5.67. The first-order valence-corrected chi connectivity index (χ1v) is 10.5. The molecular formula is C21H22N4O3S. The fraction of sp³-hybridized carbons (Fsp3) is 0.286. The number of anilines is 1. The highest BCUT2D eigenvalue weighted by Crippen LogP contribution is 2.21. The predicted molar refractivity (Wildman–Crippen MR) is 110 cm³/mol. The van der Waals surface area contributed by atoms with Crippen LogP contribution in [0.3, 0.4) is 0 Å². The van der Waals surface area contributed by atoms with Gasteiger partial charge in [-0.05, 0) is 49.2 Å². The summed E-state index contributed by atoms with van der Waals surface area (Å²) in [7, 11) is -3.89. The molecule has 0 aliphatic rings. The average Bonchev–Trinajstić information content (AvgIpc) is 2.67. The van der Waals surface area contributed by atoms with Crippen molar-refractivity contribution in [2.45, 2.75) is 31.6 Å². The molecule has 0 atom stereocenters. The van der Waals surface area contributed by atoms with Gasteiger partial charge in [0, 0.05) is 24.3 Å². The lowest BCUT2D eigenvalue weighted by Gasteiger charge is -2.22. The van der Waals surface area contributed by atoms with Gasteiger partial charge < -0.3 is 4.90 Å². The van der Waals surface area contributed by atoms with Crippen LogP contribution in [0.2, 0.25) is 0 Å². The lowest BCUT2D eigenvalue weighted by atomic mass is 10.1. The van der Waals surface area contributed by atoms with Crippen molar-refractivity contribution in [3.05, 3.63) is 59.2 Å². The van der Waals surface area contributed by atoms with Crippen molar-refractivity contribution in [1.82, 2.24) is 4.90 Å². The molecule has 0 bridgehead atoms. The van der Waals surface area contributed by atoms with Crippen LogP contribution in [0.15, 0.2) is 47.4 Å². The van der Waals surface area contributed by atoms with Crippen LogP contribution in [0.5, 0.6) is 0 Å². The monoisotopic (exact) mass is 410 g/mol. The molecule has 8 heteroatoms. The second-order valence-electron chi connectivity index (χ2n) is 6.56. The van der Waals surface area contributed by atoms with Crippen LogP contribution in [-0.2, 0) is 10.0 Å². The predicted octanol–water partition coefficient (Wildman–Crippen LogP) is 3.37. The van der Waals surface area contributed by atoms with E-state index in [1.165, 1.54) is 17.0 Å². The minimum Gasteiger partial charge on any atom is -0.337 e. The van der Waals surface area contributed by atoms with Crippen molar-refractivity contribution in [2.75, 3.05) is 17.8 Å². The molecular weight excluding hydrogens is 388 g/mol. The number of amides is 1. The van der Waals surface area contributed by atoms with Gasteiger partial charge in [-0.15, -0.1) is 0 Å². The van der Waals surface area contributed by atoms with Gasteiger partial charge in [0.15, 0.2) is 0 Å². The Morgan fingerprint density at radius 1 is 1.03 bits per heavy atom. The SMILES string of the molecule is Cc1cccc(NS(=O)(=O)c2ccc(C)c(C(=O)N(CCC#N)CCC#N)c2)c1. The Morgan fingerprint density at radius 2 is 1.69 bits per heavy atom. The summed E-state index contributed by atoms with van der Waals surface area (Å²) in [5, 5.41) is 17.6. The molecule has 150 valence electrons. The molecule has 2 aromatic carbocycles. The molecule has 1 N–H and O–H groups in total. The number of sulfonamides is 1. The van der Waals surface area contributed by atoms with Crippen molar-refractivity contribution >= 4 is 21.6 Å². The van der Waals surface area contributed by atoms with Crippen molar-refractivity contribution in [2.24, 2.45) is 0 Å². The molecule has 0 aliphatic carbocycles. The van der Waals surface area contributed by atoms with E-state index in [0.717, 1.165) is 5.56 Å². The number of benzene rings is 2. The Kier molecular flexibility index (Phi) is 7.35. The van der Waals surface area contributed by atoms with E-state index < -0.39 is 15.9 Å². The van der Waals surface area contributed by atoms with Gasteiger partial charge in [0.1, 0.15) is 0 Å². The van der Waals surface area contributed by atoms with Crippen LogP contribution < -0.4 is 4.72 Å². The van der Waals surface area contributed by atoms with Gasteiger partial charge in [0.2, 0.25) is 0 Å². The zero-order valence-corrected chi connectivity index (χ0v) is 17.2. The topological polar surface area (TPSA) is 114 Å². The van der Waals surface area contributed by atoms with E-state index in [4.69, 9.17) is 10.5 Å². The Bertz CT molecular complexity index is 1060. The Morgan fingerprint density at radius 3 is 2.28 bits per heavy atom. The van der Waals surface area contributed by atoms with Crippen LogP contribution in [0, 0.1) is 36.5 Å². The standard InChI is InChI=1S/C21H22N4O3S/c1-16-6-3-7-18(14-16)24-29(27,28)19-9-8-17(2)20(15-19)21(26)25(12-4-10-22)13-5-11-23/h3,6-9,14-15,24H,4-5,12-13H2,1-2H3. The van der Waals surface area contributed by atoms with E-state index in [1.54, 1.807) is 31.2 Å². The zero-order chi connectivity index (χ0) is 21.4. The summed E-state index contributed by atoms with van der Waals surface area (Å²) in [4.78, 5) is 14.3. The molecule has 7 nitrogen and oxygen atoms in total. The summed E-state index contributed by atoms with van der Waals surface area (Å²) in [5.74, 6) is -0.402. The molecule has 0 radical (unpaired) electrons. The highest BCUT2D eigenvalue weighted by Gasteiger charge is 2.21. The van der Waals surface area contributed by atoms with E-state index in [9.17, 15) is 13.2 Å². The smallest absolute Gasteiger partial charge is 0.261 e. The summed E-state index contributed by atoms with van der Waals surface area (Å²) >= 11 is 0. The maximum Gasteiger partial charge on any atom is 0.261 e. The molecule has 1 amide bonds. The van der Waals surface area contributed by atoms with E-state index in [1.807, 2.05) is 25.1 Å². The summed E-state index contributed by atoms with van der Waals surface area (Å²) in [6.45, 7) is 3.92. The number of hydrogen-bond donors (Lipinski definition) is 1. The molecule has 0 fully saturated rings. The van der Waals surface area contributed by atoms with Crippen LogP contribution >= 0.6 is 0 Å². The third-order valence-electron chi connectivity index (χ3n) is 4.29. The minimum atomic E-state index is -3.89. The molecule has 2 rings (SSSR count). The fourth-order valence-electron chi connectivity index (χ4n) is 2.78. The van der Waals surface area contributed by atoms with E-state index in [-0.39, 0.29) is 36.4 Å². The van der Waals surface area contributed by atoms with Crippen LogP contribution in [0.4, 0.5) is 5.69 Å². The van der Waals surface area contributed by atoms with E-state index in [2.05, 4.69) is 4.72 Å². The normalized spacial score (nSPS) is 10.6. The number of aryl methyl sites for hydroxylation is 2. The quantitative estimate of drug-likeness (QED) is 0.716. The molecule has 0 spiro atoms. The second-order valence-corrected chi connectivity index (χ2v) is 8.24. The van der Waals surface area contributed by atoms with Crippen LogP contribution in [0.1, 0.15) is 34.3 Å². The van der Waals surface area contributed by atoms with Crippen molar-refractivity contribution < 1.29 is 13.2 Å². The summed E-state index contributed by atoms with van der Waals surface area (Å²) in [6.07, 6.45) is 0.256. The number of rotatable bonds is 8. The van der Waals surface area contributed by atoms with Gasteiger partial charge >= 0.3 is 0 Å². The maximum atomic E-state index is 13.0. The van der Waals surface area contributed by atoms with Gasteiger partial charge in [-0.2, -0.15) is 10.5 Å². The molecule has 0 heterocycles. The number of nitrogens with one attached hydrogen (secondary N) is 1. The Balaban J connectivity index is 2.35. The molecule has 0 aromatic heterocycles. The Labute approximate surface area is 171 Å². The zero-order valence-electron chi connectivity index (χ0n) is 16.3. The molecule has 0 saturated heterocycles. The number of carbonyl (C=O) groups is 1. The Hall–Kier alpha value is -3.36. The highest BCUT2D eigenvalue weighted by molar-refractivity contribution is 7.92. The minimum absolute atomic E-state index is 0.0338. The van der Waals surface area contributed by atoms with Gasteiger partial charge in [-0.3, -0.25) is 9.52 Å². The van der Waals surface area contributed by atoms with Crippen molar-refractivity contribution in [1.29, 1.82) is 10.5 Å². The van der Waals surface area contributed by atoms with Crippen LogP contribution in [0.25, 0.3) is 0 Å². The number of nitrogens with zero attached hydrogens (tertiary/aromatic N) is 3. The van der Waals surface area contributed by atoms with Crippen LogP contribution in [-0.4, -0.2) is 32.3 Å². The highest BCUT2D eigenvalue weighted by atomic mass is 32.2. The summed E-state index contributed by atoms with van der Waals surface area (Å²) < 4.78 is 28.1. The van der Waals surface area contributed by atoms with Gasteiger partial charge in [0.05, 0.1) is 29.9 Å². The largest absolute Gasteiger partial charge is 0.337 e.